The molecule has 0 radical (unpaired) electrons. The molecule has 6 aliphatic rings. The molecule has 1 aliphatic carbocycles. The number of hydrogen-bond acceptors (Lipinski definition) is 10. The number of rotatable bonds is 2. The molecule has 2 bridgehead atoms. The summed E-state index contributed by atoms with van der Waals surface area (Å²) in [5, 5.41) is 22.1. The van der Waals surface area contributed by atoms with Crippen LogP contribution in [-0.2, 0) is 28.7 Å². The van der Waals surface area contributed by atoms with Crippen molar-refractivity contribution in [2.75, 3.05) is 13.7 Å². The molecule has 5 aliphatic heterocycles. The van der Waals surface area contributed by atoms with Crippen molar-refractivity contribution in [1.82, 2.24) is 9.80 Å². The van der Waals surface area contributed by atoms with Gasteiger partial charge in [0.1, 0.15) is 5.60 Å². The number of esters is 1. The fraction of sp³-hybridized carbons (Fsp3) is 0.800. The van der Waals surface area contributed by atoms with Crippen molar-refractivity contribution in [3.8, 4) is 0 Å². The summed E-state index contributed by atoms with van der Waals surface area (Å²) in [5.41, 5.74) is -4.41. The predicted molar refractivity (Wildman–Crippen MR) is 113 cm³/mol. The van der Waals surface area contributed by atoms with Gasteiger partial charge in [0.15, 0.2) is 22.4 Å². The molecule has 12 heteroatoms. The van der Waals surface area contributed by atoms with Crippen molar-refractivity contribution < 1.29 is 38.9 Å². The SMILES string of the molecule is CC(=O)OC1C2(CC3N4C(=O)[C@@]5(CO)SS[C@]4(C[C@]31O)C(=O)N5C)OC(C)C(C)(C)C2=O. The normalized spacial score (nSPS) is 48.6. The Kier molecular flexibility index (Phi) is 4.35. The fourth-order valence-electron chi connectivity index (χ4n) is 6.10. The van der Waals surface area contributed by atoms with Gasteiger partial charge in [-0.25, -0.2) is 0 Å². The Morgan fingerprint density at radius 1 is 1.25 bits per heavy atom. The fourth-order valence-corrected chi connectivity index (χ4v) is 9.75. The number of amides is 2. The number of likely N-dealkylation sites (N-methyl/N-ethyl adjacent to an activating group) is 1. The standard InChI is InChI=1S/C20H26N2O8S2/c1-9-16(3,4)12(25)18(30-9)6-11-17(28,13(18)29-10(2)24)7-19-14(26)21(5)20(8-23,32-31-19)15(27)22(11)19/h9,11,13,23,28H,6-8H2,1-5H3/t9?,11?,13?,17-,18?,19+,20+/m0/s1. The lowest BCUT2D eigenvalue weighted by atomic mass is 9.76. The Balaban J connectivity index is 1.67. The monoisotopic (exact) mass is 486 g/mol. The van der Waals surface area contributed by atoms with Gasteiger partial charge in [0.2, 0.25) is 4.87 Å². The number of piperazine rings is 1. The number of aliphatic hydroxyl groups excluding tert-OH is 1. The van der Waals surface area contributed by atoms with E-state index in [1.807, 2.05) is 0 Å². The van der Waals surface area contributed by atoms with E-state index >= 15 is 0 Å². The molecule has 32 heavy (non-hydrogen) atoms. The third kappa shape index (κ3) is 2.16. The number of carbonyl (C=O) groups is 4. The molecule has 176 valence electrons. The third-order valence-electron chi connectivity index (χ3n) is 8.10. The molecule has 10 nitrogen and oxygen atoms in total. The van der Waals surface area contributed by atoms with Crippen LogP contribution in [0.2, 0.25) is 0 Å². The van der Waals surface area contributed by atoms with Crippen LogP contribution in [0.15, 0.2) is 0 Å². The second-order valence-corrected chi connectivity index (χ2v) is 12.7. The minimum Gasteiger partial charge on any atom is -0.456 e. The molecule has 2 N–H and O–H groups in total. The molecule has 5 saturated heterocycles. The third-order valence-corrected chi connectivity index (χ3v) is 11.7. The van der Waals surface area contributed by atoms with Gasteiger partial charge in [-0.3, -0.25) is 19.2 Å². The largest absolute Gasteiger partial charge is 0.456 e. The van der Waals surface area contributed by atoms with Crippen LogP contribution in [0.1, 0.15) is 40.5 Å². The lowest BCUT2D eigenvalue weighted by Crippen LogP contribution is -2.77. The molecular weight excluding hydrogens is 460 g/mol. The van der Waals surface area contributed by atoms with Crippen LogP contribution in [0.5, 0.6) is 0 Å². The number of hydrogen-bond donors (Lipinski definition) is 2. The molecule has 1 saturated carbocycles. The maximum absolute atomic E-state index is 13.7. The number of ketones is 1. The molecule has 4 unspecified atom stereocenters. The van der Waals surface area contributed by atoms with Crippen molar-refractivity contribution in [3.05, 3.63) is 0 Å². The summed E-state index contributed by atoms with van der Waals surface area (Å²) in [5.74, 6) is -1.94. The number of aliphatic hydroxyl groups is 2. The highest BCUT2D eigenvalue weighted by molar-refractivity contribution is 8.78. The van der Waals surface area contributed by atoms with E-state index in [-0.39, 0.29) is 18.6 Å². The van der Waals surface area contributed by atoms with Gasteiger partial charge in [-0.05, 0) is 17.7 Å². The summed E-state index contributed by atoms with van der Waals surface area (Å²) < 4.78 is 11.7. The highest BCUT2D eigenvalue weighted by atomic mass is 33.1. The van der Waals surface area contributed by atoms with E-state index in [9.17, 15) is 29.4 Å². The second kappa shape index (κ2) is 6.21. The molecule has 0 aromatic carbocycles. The van der Waals surface area contributed by atoms with Gasteiger partial charge in [0, 0.05) is 26.8 Å². The van der Waals surface area contributed by atoms with Crippen molar-refractivity contribution >= 4 is 45.2 Å². The number of nitrogens with zero attached hydrogens (tertiary/aromatic N) is 2. The van der Waals surface area contributed by atoms with Crippen LogP contribution < -0.4 is 0 Å². The number of fused-ring (bicyclic) bond motifs is 3. The molecule has 5 heterocycles. The summed E-state index contributed by atoms with van der Waals surface area (Å²) in [6.07, 6.45) is -2.22. The van der Waals surface area contributed by atoms with Crippen molar-refractivity contribution in [1.29, 1.82) is 0 Å². The highest BCUT2D eigenvalue weighted by Crippen LogP contribution is 2.69. The quantitative estimate of drug-likeness (QED) is 0.394. The van der Waals surface area contributed by atoms with E-state index in [1.54, 1.807) is 20.8 Å². The van der Waals surface area contributed by atoms with E-state index in [0.29, 0.717) is 0 Å². The van der Waals surface area contributed by atoms with Gasteiger partial charge in [-0.1, -0.05) is 24.6 Å². The van der Waals surface area contributed by atoms with Crippen LogP contribution in [-0.4, -0.2) is 96.4 Å². The number of Topliss-reactive ketones (excluding diaryl/α,β-unsaturated/α-hetero) is 1. The van der Waals surface area contributed by atoms with Gasteiger partial charge in [-0.2, -0.15) is 0 Å². The molecule has 2 amide bonds. The van der Waals surface area contributed by atoms with E-state index in [2.05, 4.69) is 0 Å². The molecule has 0 aromatic heterocycles. The molecule has 6 rings (SSSR count). The van der Waals surface area contributed by atoms with Crippen LogP contribution in [0.3, 0.4) is 0 Å². The summed E-state index contributed by atoms with van der Waals surface area (Å²) in [7, 11) is 3.67. The zero-order chi connectivity index (χ0) is 23.6. The Morgan fingerprint density at radius 3 is 2.44 bits per heavy atom. The average Bonchev–Trinajstić information content (AvgIpc) is 3.17. The Labute approximate surface area is 192 Å². The van der Waals surface area contributed by atoms with E-state index in [4.69, 9.17) is 9.47 Å². The highest BCUT2D eigenvalue weighted by Gasteiger charge is 2.84. The number of ether oxygens (including phenoxy) is 2. The molecule has 6 fully saturated rings. The van der Waals surface area contributed by atoms with E-state index in [0.717, 1.165) is 21.6 Å². The zero-order valence-corrected chi connectivity index (χ0v) is 20.0. The van der Waals surface area contributed by atoms with Crippen LogP contribution in [0.25, 0.3) is 0 Å². The van der Waals surface area contributed by atoms with E-state index < -0.39 is 69.0 Å². The second-order valence-electron chi connectivity index (χ2n) is 10.0. The molecule has 2 spiro atoms. The van der Waals surface area contributed by atoms with Crippen LogP contribution in [0, 0.1) is 5.41 Å². The average molecular weight is 487 g/mol. The lowest BCUT2D eigenvalue weighted by molar-refractivity contribution is -0.189. The van der Waals surface area contributed by atoms with Crippen molar-refractivity contribution in [2.45, 2.75) is 79.7 Å². The van der Waals surface area contributed by atoms with Crippen molar-refractivity contribution in [3.63, 3.8) is 0 Å². The zero-order valence-electron chi connectivity index (χ0n) is 18.4. The van der Waals surface area contributed by atoms with Gasteiger partial charge < -0.3 is 29.5 Å². The molecule has 7 atom stereocenters. The summed E-state index contributed by atoms with van der Waals surface area (Å²) in [6.45, 7) is 5.80. The topological polar surface area (TPSA) is 134 Å². The minimum absolute atomic E-state index is 0.106. The molecular formula is C20H26N2O8S2. The maximum atomic E-state index is 13.7. The Morgan fingerprint density at radius 2 is 1.91 bits per heavy atom. The predicted octanol–water partition coefficient (Wildman–Crippen LogP) is -0.341. The number of carbonyl (C=O) groups excluding carboxylic acids is 4. The Bertz CT molecular complexity index is 975. The van der Waals surface area contributed by atoms with E-state index in [1.165, 1.54) is 23.8 Å². The van der Waals surface area contributed by atoms with Gasteiger partial charge in [0.25, 0.3) is 11.8 Å². The first-order chi connectivity index (χ1) is 14.7. The van der Waals surface area contributed by atoms with Gasteiger partial charge >= 0.3 is 5.97 Å². The summed E-state index contributed by atoms with van der Waals surface area (Å²) >= 11 is 0. The Hall–Kier alpha value is -1.34. The van der Waals surface area contributed by atoms with Gasteiger partial charge in [0.05, 0.1) is 24.2 Å². The summed E-state index contributed by atoms with van der Waals surface area (Å²) in [6, 6.07) is -0.999. The first kappa shape index (κ1) is 22.5. The van der Waals surface area contributed by atoms with Crippen LogP contribution in [0.4, 0.5) is 0 Å². The summed E-state index contributed by atoms with van der Waals surface area (Å²) in [4.78, 5) is 52.4. The first-order valence-electron chi connectivity index (χ1n) is 10.5. The molecule has 0 aromatic rings. The smallest absolute Gasteiger partial charge is 0.303 e. The first-order valence-corrected chi connectivity index (χ1v) is 12.6. The lowest BCUT2D eigenvalue weighted by Gasteiger charge is -2.58. The van der Waals surface area contributed by atoms with Crippen molar-refractivity contribution in [2.24, 2.45) is 5.41 Å². The van der Waals surface area contributed by atoms with Gasteiger partial charge in [-0.15, -0.1) is 0 Å². The minimum atomic E-state index is -1.88. The van der Waals surface area contributed by atoms with Crippen LogP contribution >= 0.6 is 21.6 Å². The maximum Gasteiger partial charge on any atom is 0.303 e.